The fourth-order valence-corrected chi connectivity index (χ4v) is 2.53. The second-order valence-electron chi connectivity index (χ2n) is 6.56. The molecule has 7 heteroatoms. The zero-order valence-corrected chi connectivity index (χ0v) is 16.9. The maximum Gasteiger partial charge on any atom is 0.347 e. The van der Waals surface area contributed by atoms with Crippen LogP contribution in [0.2, 0.25) is 0 Å². The predicted octanol–water partition coefficient (Wildman–Crippen LogP) is 2.96. The van der Waals surface area contributed by atoms with Crippen molar-refractivity contribution in [2.75, 3.05) is 13.7 Å². The van der Waals surface area contributed by atoms with E-state index in [1.165, 1.54) is 6.07 Å². The predicted molar refractivity (Wildman–Crippen MR) is 105 cm³/mol. The second-order valence-corrected chi connectivity index (χ2v) is 6.56. The van der Waals surface area contributed by atoms with E-state index < -0.39 is 12.1 Å². The molecule has 28 heavy (non-hydrogen) atoms. The molecule has 0 radical (unpaired) electrons. The van der Waals surface area contributed by atoms with Crippen LogP contribution < -0.4 is 19.6 Å². The zero-order chi connectivity index (χ0) is 20.7. The maximum atomic E-state index is 12.2. The smallest absolute Gasteiger partial charge is 0.347 e. The second kappa shape index (κ2) is 9.82. The number of hydrogen-bond acceptors (Lipinski definition) is 6. The van der Waals surface area contributed by atoms with E-state index in [1.807, 2.05) is 28.8 Å². The summed E-state index contributed by atoms with van der Waals surface area (Å²) in [6.45, 7) is 7.76. The van der Waals surface area contributed by atoms with Gasteiger partial charge in [0.05, 0.1) is 25.5 Å². The van der Waals surface area contributed by atoms with Gasteiger partial charge in [0.25, 0.3) is 0 Å². The molecule has 0 fully saturated rings. The molecule has 1 unspecified atom stereocenters. The SMILES string of the molecule is COc1ccc(OCCn2ccc(=O)c(OC(C)C(=O)OC(C)C)c2C)cc1. The topological polar surface area (TPSA) is 76.0 Å². The first-order chi connectivity index (χ1) is 13.3. The van der Waals surface area contributed by atoms with Crippen LogP contribution >= 0.6 is 0 Å². The Morgan fingerprint density at radius 1 is 1.07 bits per heavy atom. The van der Waals surface area contributed by atoms with Gasteiger partial charge in [0.15, 0.2) is 11.9 Å². The number of esters is 1. The lowest BCUT2D eigenvalue weighted by Gasteiger charge is -2.19. The summed E-state index contributed by atoms with van der Waals surface area (Å²) in [6.07, 6.45) is 0.557. The van der Waals surface area contributed by atoms with E-state index >= 15 is 0 Å². The third-order valence-electron chi connectivity index (χ3n) is 4.03. The molecule has 0 saturated heterocycles. The van der Waals surface area contributed by atoms with Gasteiger partial charge in [0.1, 0.15) is 18.1 Å². The average molecular weight is 389 g/mol. The van der Waals surface area contributed by atoms with Crippen molar-refractivity contribution < 1.29 is 23.7 Å². The molecule has 0 bridgehead atoms. The van der Waals surface area contributed by atoms with E-state index in [9.17, 15) is 9.59 Å². The highest BCUT2D eigenvalue weighted by Gasteiger charge is 2.20. The van der Waals surface area contributed by atoms with Crippen LogP contribution in [0.3, 0.4) is 0 Å². The number of carbonyl (C=O) groups is 1. The maximum absolute atomic E-state index is 12.2. The number of carbonyl (C=O) groups excluding carboxylic acids is 1. The summed E-state index contributed by atoms with van der Waals surface area (Å²) >= 11 is 0. The molecule has 0 aliphatic carbocycles. The van der Waals surface area contributed by atoms with Crippen molar-refractivity contribution in [2.24, 2.45) is 0 Å². The molecule has 2 rings (SSSR count). The molecule has 152 valence electrons. The van der Waals surface area contributed by atoms with Crippen LogP contribution in [0.5, 0.6) is 17.2 Å². The first-order valence-electron chi connectivity index (χ1n) is 9.16. The molecule has 2 aromatic rings. The van der Waals surface area contributed by atoms with Crippen molar-refractivity contribution in [3.8, 4) is 17.2 Å². The Hall–Kier alpha value is -2.96. The molecule has 1 atom stereocenters. The number of ether oxygens (including phenoxy) is 4. The standard InChI is InChI=1S/C21H27NO6/c1-14(2)27-21(24)16(4)28-20-15(3)22(11-10-19(20)23)12-13-26-18-8-6-17(25-5)7-9-18/h6-11,14,16H,12-13H2,1-5H3. The highest BCUT2D eigenvalue weighted by Crippen LogP contribution is 2.18. The lowest BCUT2D eigenvalue weighted by Crippen LogP contribution is -2.31. The van der Waals surface area contributed by atoms with Gasteiger partial charge < -0.3 is 23.5 Å². The van der Waals surface area contributed by atoms with Crippen LogP contribution in [0.4, 0.5) is 0 Å². The normalized spacial score (nSPS) is 11.8. The van der Waals surface area contributed by atoms with Crippen molar-refractivity contribution in [1.29, 1.82) is 0 Å². The molecule has 0 spiro atoms. The number of hydrogen-bond donors (Lipinski definition) is 0. The summed E-state index contributed by atoms with van der Waals surface area (Å²) in [4.78, 5) is 24.1. The Morgan fingerprint density at radius 3 is 2.32 bits per heavy atom. The largest absolute Gasteiger partial charge is 0.497 e. The van der Waals surface area contributed by atoms with Crippen molar-refractivity contribution in [2.45, 2.75) is 46.4 Å². The van der Waals surface area contributed by atoms with Gasteiger partial charge in [-0.25, -0.2) is 4.79 Å². The van der Waals surface area contributed by atoms with Crippen molar-refractivity contribution in [1.82, 2.24) is 4.57 Å². The Labute approximate surface area is 164 Å². The number of benzene rings is 1. The van der Waals surface area contributed by atoms with Gasteiger partial charge in [0.2, 0.25) is 5.43 Å². The van der Waals surface area contributed by atoms with Gasteiger partial charge >= 0.3 is 5.97 Å². The molecule has 0 amide bonds. The first kappa shape index (κ1) is 21.3. The summed E-state index contributed by atoms with van der Waals surface area (Å²) in [7, 11) is 1.61. The summed E-state index contributed by atoms with van der Waals surface area (Å²) in [5.74, 6) is 1.11. The van der Waals surface area contributed by atoms with Gasteiger partial charge in [-0.3, -0.25) is 4.79 Å². The Morgan fingerprint density at radius 2 is 1.71 bits per heavy atom. The molecule has 7 nitrogen and oxygen atoms in total. The number of rotatable bonds is 9. The van der Waals surface area contributed by atoms with Crippen molar-refractivity contribution in [3.05, 3.63) is 52.4 Å². The molecule has 0 aliphatic heterocycles. The van der Waals surface area contributed by atoms with Gasteiger partial charge in [-0.1, -0.05) is 0 Å². The quantitative estimate of drug-likeness (QED) is 0.614. The molecule has 0 N–H and O–H groups in total. The molecule has 0 aliphatic rings. The van der Waals surface area contributed by atoms with Gasteiger partial charge in [-0.2, -0.15) is 0 Å². The molecule has 1 aromatic heterocycles. The zero-order valence-electron chi connectivity index (χ0n) is 16.9. The highest BCUT2D eigenvalue weighted by atomic mass is 16.6. The van der Waals surface area contributed by atoms with Crippen LogP contribution in [-0.2, 0) is 16.1 Å². The molecule has 1 heterocycles. The first-order valence-corrected chi connectivity index (χ1v) is 9.16. The van der Waals surface area contributed by atoms with E-state index in [0.717, 1.165) is 11.5 Å². The van der Waals surface area contributed by atoms with Crippen molar-refractivity contribution >= 4 is 5.97 Å². The Balaban J connectivity index is 2.02. The molecular weight excluding hydrogens is 362 g/mol. The lowest BCUT2D eigenvalue weighted by atomic mass is 10.3. The Bertz CT molecular complexity index is 841. The van der Waals surface area contributed by atoms with E-state index in [-0.39, 0.29) is 17.3 Å². The van der Waals surface area contributed by atoms with Crippen LogP contribution in [0.25, 0.3) is 0 Å². The summed E-state index contributed by atoms with van der Waals surface area (Å²) in [6, 6.07) is 8.71. The van der Waals surface area contributed by atoms with E-state index in [4.69, 9.17) is 18.9 Å². The molecular formula is C21H27NO6. The van der Waals surface area contributed by atoms with Crippen molar-refractivity contribution in [3.63, 3.8) is 0 Å². The highest BCUT2D eigenvalue weighted by molar-refractivity contribution is 5.74. The summed E-state index contributed by atoms with van der Waals surface area (Å²) < 4.78 is 23.4. The van der Waals surface area contributed by atoms with Gasteiger partial charge in [-0.05, 0) is 52.0 Å². The van der Waals surface area contributed by atoms with Crippen LogP contribution in [0, 0.1) is 6.92 Å². The minimum atomic E-state index is -0.875. The van der Waals surface area contributed by atoms with Crippen LogP contribution in [0.15, 0.2) is 41.3 Å². The third-order valence-corrected chi connectivity index (χ3v) is 4.03. The minimum absolute atomic E-state index is 0.139. The average Bonchev–Trinajstić information content (AvgIpc) is 2.66. The van der Waals surface area contributed by atoms with Crippen LogP contribution in [0.1, 0.15) is 26.5 Å². The Kier molecular flexibility index (Phi) is 7.49. The van der Waals surface area contributed by atoms with Gasteiger partial charge in [-0.15, -0.1) is 0 Å². The lowest BCUT2D eigenvalue weighted by molar-refractivity contribution is -0.155. The number of methoxy groups -OCH3 is 1. The molecule has 1 aromatic carbocycles. The number of nitrogens with zero attached hydrogens (tertiary/aromatic N) is 1. The fraction of sp³-hybridized carbons (Fsp3) is 0.429. The monoisotopic (exact) mass is 389 g/mol. The minimum Gasteiger partial charge on any atom is -0.497 e. The summed E-state index contributed by atoms with van der Waals surface area (Å²) in [5, 5.41) is 0. The fourth-order valence-electron chi connectivity index (χ4n) is 2.53. The number of pyridine rings is 1. The van der Waals surface area contributed by atoms with Crippen LogP contribution in [-0.4, -0.2) is 36.5 Å². The van der Waals surface area contributed by atoms with E-state index in [0.29, 0.717) is 18.8 Å². The molecule has 0 saturated carbocycles. The van der Waals surface area contributed by atoms with E-state index in [2.05, 4.69) is 0 Å². The number of aromatic nitrogens is 1. The van der Waals surface area contributed by atoms with Gasteiger partial charge in [0, 0.05) is 12.3 Å². The summed E-state index contributed by atoms with van der Waals surface area (Å²) in [5.41, 5.74) is 0.337. The van der Waals surface area contributed by atoms with E-state index in [1.54, 1.807) is 41.0 Å². The third kappa shape index (κ3) is 5.77.